The molecule has 1 heterocycles. The van der Waals surface area contributed by atoms with Crippen LogP contribution in [0.2, 0.25) is 0 Å². The van der Waals surface area contributed by atoms with Gasteiger partial charge in [-0.05, 0) is 12.3 Å². The van der Waals surface area contributed by atoms with Crippen molar-refractivity contribution in [1.29, 1.82) is 0 Å². The first-order chi connectivity index (χ1) is 7.69. The van der Waals surface area contributed by atoms with Gasteiger partial charge in [-0.2, -0.15) is 0 Å². The molecule has 1 aliphatic rings. The fourth-order valence-corrected chi connectivity index (χ4v) is 2.00. The molecule has 0 amide bonds. The molecular formula is C13H24O3. The van der Waals surface area contributed by atoms with Crippen molar-refractivity contribution in [1.82, 2.24) is 0 Å². The van der Waals surface area contributed by atoms with E-state index in [4.69, 9.17) is 9.47 Å². The highest BCUT2D eigenvalue weighted by molar-refractivity contribution is 5.72. The lowest BCUT2D eigenvalue weighted by molar-refractivity contribution is -0.155. The smallest absolute Gasteiger partial charge is 0.311 e. The van der Waals surface area contributed by atoms with Gasteiger partial charge in [0, 0.05) is 0 Å². The van der Waals surface area contributed by atoms with Crippen molar-refractivity contribution in [2.75, 3.05) is 6.61 Å². The van der Waals surface area contributed by atoms with Crippen LogP contribution in [0.25, 0.3) is 0 Å². The molecule has 16 heavy (non-hydrogen) atoms. The maximum Gasteiger partial charge on any atom is 0.311 e. The van der Waals surface area contributed by atoms with Crippen molar-refractivity contribution >= 4 is 5.97 Å². The predicted molar refractivity (Wildman–Crippen MR) is 62.9 cm³/mol. The molecule has 0 N–H and O–H groups in total. The van der Waals surface area contributed by atoms with Crippen molar-refractivity contribution in [3.05, 3.63) is 0 Å². The van der Waals surface area contributed by atoms with Crippen LogP contribution >= 0.6 is 0 Å². The Morgan fingerprint density at radius 1 is 1.44 bits per heavy atom. The molecule has 0 aromatic carbocycles. The topological polar surface area (TPSA) is 38.8 Å². The third-order valence-corrected chi connectivity index (χ3v) is 3.33. The standard InChI is InChI=1S/C13H24O3/c1-4-6-7-8-11(5-2)10(3)13(14)16-12-9-15-12/h10-12H,4-9H2,1-3H3. The average molecular weight is 228 g/mol. The van der Waals surface area contributed by atoms with Crippen LogP contribution in [0.4, 0.5) is 0 Å². The van der Waals surface area contributed by atoms with Gasteiger partial charge in [0.25, 0.3) is 0 Å². The van der Waals surface area contributed by atoms with Crippen LogP contribution in [0.3, 0.4) is 0 Å². The van der Waals surface area contributed by atoms with E-state index in [9.17, 15) is 4.79 Å². The minimum absolute atomic E-state index is 0.00561. The molecule has 94 valence electrons. The van der Waals surface area contributed by atoms with Gasteiger partial charge in [0.15, 0.2) is 0 Å². The van der Waals surface area contributed by atoms with Gasteiger partial charge < -0.3 is 9.47 Å². The fourth-order valence-electron chi connectivity index (χ4n) is 2.00. The molecule has 0 bridgehead atoms. The van der Waals surface area contributed by atoms with Crippen LogP contribution in [-0.4, -0.2) is 18.9 Å². The summed E-state index contributed by atoms with van der Waals surface area (Å²) in [6, 6.07) is 0. The van der Waals surface area contributed by atoms with Gasteiger partial charge in [-0.1, -0.05) is 46.5 Å². The first-order valence-corrected chi connectivity index (χ1v) is 6.51. The Labute approximate surface area is 98.5 Å². The van der Waals surface area contributed by atoms with Gasteiger partial charge >= 0.3 is 5.97 Å². The van der Waals surface area contributed by atoms with Crippen LogP contribution in [0.1, 0.15) is 52.9 Å². The van der Waals surface area contributed by atoms with Crippen molar-refractivity contribution in [2.24, 2.45) is 11.8 Å². The molecule has 0 aromatic heterocycles. The lowest BCUT2D eigenvalue weighted by Crippen LogP contribution is -2.24. The van der Waals surface area contributed by atoms with Gasteiger partial charge in [-0.15, -0.1) is 0 Å². The van der Waals surface area contributed by atoms with Gasteiger partial charge in [0.2, 0.25) is 6.29 Å². The number of esters is 1. The molecular weight excluding hydrogens is 204 g/mol. The van der Waals surface area contributed by atoms with Crippen molar-refractivity contribution in [3.8, 4) is 0 Å². The summed E-state index contributed by atoms with van der Waals surface area (Å²) in [5.41, 5.74) is 0. The Hall–Kier alpha value is -0.570. The van der Waals surface area contributed by atoms with Gasteiger partial charge in [0.05, 0.1) is 5.92 Å². The number of ether oxygens (including phenoxy) is 2. The summed E-state index contributed by atoms with van der Waals surface area (Å²) >= 11 is 0. The number of carbonyl (C=O) groups is 1. The predicted octanol–water partition coefficient (Wildman–Crippen LogP) is 3.13. The second-order valence-electron chi connectivity index (χ2n) is 4.65. The lowest BCUT2D eigenvalue weighted by Gasteiger charge is -2.20. The van der Waals surface area contributed by atoms with E-state index in [2.05, 4.69) is 13.8 Å². The second-order valence-corrected chi connectivity index (χ2v) is 4.65. The van der Waals surface area contributed by atoms with Crippen LogP contribution in [-0.2, 0) is 14.3 Å². The van der Waals surface area contributed by atoms with Crippen molar-refractivity contribution in [2.45, 2.75) is 59.2 Å². The first kappa shape index (κ1) is 13.5. The highest BCUT2D eigenvalue weighted by atomic mass is 16.8. The Kier molecular flexibility index (Phi) is 5.81. The SMILES string of the molecule is CCCCCC(CC)C(C)C(=O)OC1CO1. The molecule has 0 saturated carbocycles. The van der Waals surface area contributed by atoms with Gasteiger partial charge in [-0.3, -0.25) is 4.79 Å². The maximum atomic E-state index is 11.7. The summed E-state index contributed by atoms with van der Waals surface area (Å²) in [5, 5.41) is 0. The van der Waals surface area contributed by atoms with E-state index in [1.165, 1.54) is 19.3 Å². The summed E-state index contributed by atoms with van der Waals surface area (Å²) in [7, 11) is 0. The van der Waals surface area contributed by atoms with E-state index in [1.54, 1.807) is 0 Å². The zero-order chi connectivity index (χ0) is 12.0. The quantitative estimate of drug-likeness (QED) is 0.364. The summed E-state index contributed by atoms with van der Waals surface area (Å²) in [5.74, 6) is 0.370. The molecule has 1 aliphatic heterocycles. The summed E-state index contributed by atoms with van der Waals surface area (Å²) in [6.45, 7) is 6.90. The number of hydrogen-bond acceptors (Lipinski definition) is 3. The maximum absolute atomic E-state index is 11.7. The van der Waals surface area contributed by atoms with Gasteiger partial charge in [0.1, 0.15) is 6.61 Å². The molecule has 1 rings (SSSR count). The molecule has 0 spiro atoms. The molecule has 0 radical (unpaired) electrons. The van der Waals surface area contributed by atoms with E-state index in [-0.39, 0.29) is 18.2 Å². The molecule has 3 atom stereocenters. The zero-order valence-electron chi connectivity index (χ0n) is 10.7. The van der Waals surface area contributed by atoms with Crippen LogP contribution in [0.5, 0.6) is 0 Å². The highest BCUT2D eigenvalue weighted by Gasteiger charge is 2.31. The normalized spacial score (nSPS) is 22.6. The highest BCUT2D eigenvalue weighted by Crippen LogP contribution is 2.25. The Bertz CT molecular complexity index is 211. The Morgan fingerprint density at radius 3 is 2.62 bits per heavy atom. The number of unbranched alkanes of at least 4 members (excludes halogenated alkanes) is 2. The molecule has 0 aliphatic carbocycles. The minimum atomic E-state index is -0.247. The molecule has 3 unspecified atom stereocenters. The lowest BCUT2D eigenvalue weighted by atomic mass is 9.87. The first-order valence-electron chi connectivity index (χ1n) is 6.51. The van der Waals surface area contributed by atoms with Crippen molar-refractivity contribution < 1.29 is 14.3 Å². The van der Waals surface area contributed by atoms with Crippen LogP contribution in [0, 0.1) is 11.8 Å². The number of rotatable bonds is 8. The van der Waals surface area contributed by atoms with Gasteiger partial charge in [-0.25, -0.2) is 0 Å². The Balaban J connectivity index is 2.28. The molecule has 3 heteroatoms. The van der Waals surface area contributed by atoms with E-state index in [0.717, 1.165) is 12.8 Å². The van der Waals surface area contributed by atoms with Crippen LogP contribution in [0.15, 0.2) is 0 Å². The summed E-state index contributed by atoms with van der Waals surface area (Å²) in [6.07, 6.45) is 5.63. The number of carbonyl (C=O) groups excluding carboxylic acids is 1. The second kappa shape index (κ2) is 6.89. The average Bonchev–Trinajstić information content (AvgIpc) is 3.07. The fraction of sp³-hybridized carbons (Fsp3) is 0.923. The third-order valence-electron chi connectivity index (χ3n) is 3.33. The largest absolute Gasteiger partial charge is 0.433 e. The summed E-state index contributed by atoms with van der Waals surface area (Å²) < 4.78 is 10.0. The summed E-state index contributed by atoms with van der Waals surface area (Å²) in [4.78, 5) is 11.7. The van der Waals surface area contributed by atoms with Crippen LogP contribution < -0.4 is 0 Å². The zero-order valence-corrected chi connectivity index (χ0v) is 10.7. The molecule has 1 fully saturated rings. The third kappa shape index (κ3) is 4.52. The van der Waals surface area contributed by atoms with E-state index in [1.807, 2.05) is 6.92 Å². The van der Waals surface area contributed by atoms with E-state index >= 15 is 0 Å². The molecule has 0 aromatic rings. The Morgan fingerprint density at radius 2 is 2.12 bits per heavy atom. The molecule has 3 nitrogen and oxygen atoms in total. The number of hydrogen-bond donors (Lipinski definition) is 0. The van der Waals surface area contributed by atoms with E-state index < -0.39 is 0 Å². The monoisotopic (exact) mass is 228 g/mol. The minimum Gasteiger partial charge on any atom is -0.433 e. The van der Waals surface area contributed by atoms with Crippen molar-refractivity contribution in [3.63, 3.8) is 0 Å². The number of epoxide rings is 1. The van der Waals surface area contributed by atoms with E-state index in [0.29, 0.717) is 12.5 Å². The molecule has 1 saturated heterocycles.